The predicted octanol–water partition coefficient (Wildman–Crippen LogP) is 3.17. The third kappa shape index (κ3) is 3.41. The van der Waals surface area contributed by atoms with Crippen LogP contribution in [0.2, 0.25) is 0 Å². The molecule has 2 aromatic rings. The minimum Gasteiger partial charge on any atom is -0.348 e. The van der Waals surface area contributed by atoms with Crippen molar-refractivity contribution in [1.29, 1.82) is 0 Å². The zero-order valence-corrected chi connectivity index (χ0v) is 15.8. The molecule has 0 unspecified atom stereocenters. The van der Waals surface area contributed by atoms with Gasteiger partial charge in [0.1, 0.15) is 5.82 Å². The van der Waals surface area contributed by atoms with Crippen LogP contribution < -0.4 is 0 Å². The van der Waals surface area contributed by atoms with E-state index in [1.807, 2.05) is 18.5 Å². The van der Waals surface area contributed by atoms with E-state index in [1.165, 1.54) is 31.2 Å². The molecule has 5 rings (SSSR count). The van der Waals surface area contributed by atoms with Gasteiger partial charge in [-0.05, 0) is 56.2 Å². The van der Waals surface area contributed by atoms with Crippen LogP contribution in [0.1, 0.15) is 49.4 Å². The van der Waals surface area contributed by atoms with Crippen LogP contribution in [0, 0.1) is 5.41 Å². The molecule has 5 nitrogen and oxygen atoms in total. The highest BCUT2D eigenvalue weighted by Gasteiger charge is 2.49. The first-order valence-corrected chi connectivity index (χ1v) is 10.3. The fraction of sp³-hybridized carbons (Fsp3) is 0.545. The number of nitrogens with one attached hydrogen (secondary N) is 1. The number of aromatic amines is 1. The Bertz CT molecular complexity index is 776. The number of nitrogens with zero attached hydrogens (tertiary/aromatic N) is 3. The lowest BCUT2D eigenvalue weighted by Crippen LogP contribution is -2.54. The van der Waals surface area contributed by atoms with Crippen molar-refractivity contribution < 1.29 is 4.79 Å². The van der Waals surface area contributed by atoms with Crippen LogP contribution in [-0.2, 0) is 11.3 Å². The number of aromatic nitrogens is 2. The first-order chi connectivity index (χ1) is 13.2. The zero-order chi connectivity index (χ0) is 18.3. The van der Waals surface area contributed by atoms with Gasteiger partial charge in [0, 0.05) is 25.0 Å². The number of likely N-dealkylation sites (tertiary alicyclic amines) is 2. The van der Waals surface area contributed by atoms with E-state index in [4.69, 9.17) is 0 Å². The summed E-state index contributed by atoms with van der Waals surface area (Å²) in [5, 5.41) is 0. The summed E-state index contributed by atoms with van der Waals surface area (Å²) < 4.78 is 0. The van der Waals surface area contributed by atoms with E-state index in [1.54, 1.807) is 0 Å². The van der Waals surface area contributed by atoms with Gasteiger partial charge in [-0.15, -0.1) is 0 Å². The van der Waals surface area contributed by atoms with Crippen molar-refractivity contribution in [2.45, 2.75) is 50.6 Å². The topological polar surface area (TPSA) is 52.2 Å². The van der Waals surface area contributed by atoms with Crippen LogP contribution in [0.4, 0.5) is 0 Å². The molecule has 1 amide bonds. The Hall–Kier alpha value is -2.14. The largest absolute Gasteiger partial charge is 0.348 e. The van der Waals surface area contributed by atoms with Crippen LogP contribution in [0.5, 0.6) is 0 Å². The highest BCUT2D eigenvalue weighted by atomic mass is 16.2. The van der Waals surface area contributed by atoms with Gasteiger partial charge in [-0.25, -0.2) is 4.98 Å². The Balaban J connectivity index is 1.33. The third-order valence-electron chi connectivity index (χ3n) is 6.76. The number of hydrogen-bond acceptors (Lipinski definition) is 3. The number of carbonyl (C=O) groups excluding carboxylic acids is 1. The summed E-state index contributed by atoms with van der Waals surface area (Å²) in [5.74, 6) is 1.45. The summed E-state index contributed by atoms with van der Waals surface area (Å²) in [7, 11) is 0. The van der Waals surface area contributed by atoms with E-state index in [0.29, 0.717) is 11.9 Å². The molecule has 1 saturated carbocycles. The van der Waals surface area contributed by atoms with Crippen molar-refractivity contribution in [3.8, 4) is 0 Å². The summed E-state index contributed by atoms with van der Waals surface area (Å²) >= 11 is 0. The molecule has 2 saturated heterocycles. The van der Waals surface area contributed by atoms with Gasteiger partial charge in [0.05, 0.1) is 12.5 Å². The molecule has 2 aliphatic heterocycles. The molecule has 3 aliphatic rings. The Labute approximate surface area is 160 Å². The number of amides is 1. The number of benzene rings is 1. The molecule has 1 aromatic heterocycles. The summed E-state index contributed by atoms with van der Waals surface area (Å²) in [6.45, 7) is 4.05. The van der Waals surface area contributed by atoms with E-state index < -0.39 is 0 Å². The van der Waals surface area contributed by atoms with E-state index in [2.05, 4.69) is 44.0 Å². The van der Waals surface area contributed by atoms with E-state index >= 15 is 0 Å². The molecule has 0 radical (unpaired) electrons. The van der Waals surface area contributed by atoms with E-state index in [9.17, 15) is 4.79 Å². The maximum atomic E-state index is 13.2. The summed E-state index contributed by atoms with van der Waals surface area (Å²) in [4.78, 5) is 25.5. The Kier molecular flexibility index (Phi) is 4.27. The van der Waals surface area contributed by atoms with Crippen LogP contribution >= 0.6 is 0 Å². The molecule has 1 aliphatic carbocycles. The van der Waals surface area contributed by atoms with E-state index in [-0.39, 0.29) is 11.3 Å². The third-order valence-corrected chi connectivity index (χ3v) is 6.76. The van der Waals surface area contributed by atoms with Gasteiger partial charge in [-0.2, -0.15) is 0 Å². The Morgan fingerprint density at radius 3 is 2.59 bits per heavy atom. The monoisotopic (exact) mass is 364 g/mol. The molecule has 1 N–H and O–H groups in total. The SMILES string of the molecule is O=C1[C@H](c2ccccc2)CC2(CCN(Cc3ncc[nH]3)CC2)CN1C1CC1. The molecule has 5 heteroatoms. The maximum absolute atomic E-state index is 13.2. The van der Waals surface area contributed by atoms with Gasteiger partial charge in [0.25, 0.3) is 0 Å². The first-order valence-electron chi connectivity index (χ1n) is 10.3. The normalized spacial score (nSPS) is 25.9. The molecule has 3 fully saturated rings. The van der Waals surface area contributed by atoms with E-state index in [0.717, 1.165) is 38.4 Å². The van der Waals surface area contributed by atoms with Crippen molar-refractivity contribution in [3.05, 3.63) is 54.1 Å². The number of imidazole rings is 1. The molecule has 1 spiro atoms. The second-order valence-corrected chi connectivity index (χ2v) is 8.68. The maximum Gasteiger partial charge on any atom is 0.230 e. The summed E-state index contributed by atoms with van der Waals surface area (Å²) in [5.41, 5.74) is 1.47. The number of hydrogen-bond donors (Lipinski definition) is 1. The van der Waals surface area contributed by atoms with Crippen LogP contribution in [0.3, 0.4) is 0 Å². The van der Waals surface area contributed by atoms with Crippen molar-refractivity contribution in [1.82, 2.24) is 19.8 Å². The van der Waals surface area contributed by atoms with Gasteiger partial charge in [0.15, 0.2) is 0 Å². The molecule has 3 heterocycles. The molecule has 0 bridgehead atoms. The second-order valence-electron chi connectivity index (χ2n) is 8.68. The van der Waals surface area contributed by atoms with Crippen molar-refractivity contribution in [2.24, 2.45) is 5.41 Å². The van der Waals surface area contributed by atoms with Gasteiger partial charge < -0.3 is 9.88 Å². The van der Waals surface area contributed by atoms with Gasteiger partial charge in [0.2, 0.25) is 5.91 Å². The average Bonchev–Trinajstić information content (AvgIpc) is 3.43. The fourth-order valence-electron chi connectivity index (χ4n) is 5.01. The fourth-order valence-corrected chi connectivity index (χ4v) is 5.01. The summed E-state index contributed by atoms with van der Waals surface area (Å²) in [6.07, 6.45) is 9.45. The van der Waals surface area contributed by atoms with Crippen molar-refractivity contribution in [3.63, 3.8) is 0 Å². The minimum absolute atomic E-state index is 0.0390. The van der Waals surface area contributed by atoms with Crippen molar-refractivity contribution in [2.75, 3.05) is 19.6 Å². The molecular formula is C22H28N4O. The van der Waals surface area contributed by atoms with Crippen molar-refractivity contribution >= 4 is 5.91 Å². The van der Waals surface area contributed by atoms with Gasteiger partial charge >= 0.3 is 0 Å². The Morgan fingerprint density at radius 1 is 1.15 bits per heavy atom. The lowest BCUT2D eigenvalue weighted by molar-refractivity contribution is -0.142. The molecular weight excluding hydrogens is 336 g/mol. The number of carbonyl (C=O) groups is 1. The lowest BCUT2D eigenvalue weighted by Gasteiger charge is -2.50. The first kappa shape index (κ1) is 17.0. The highest BCUT2D eigenvalue weighted by Crippen LogP contribution is 2.48. The molecule has 142 valence electrons. The van der Waals surface area contributed by atoms with Crippen LogP contribution in [-0.4, -0.2) is 51.4 Å². The van der Waals surface area contributed by atoms with Gasteiger partial charge in [-0.1, -0.05) is 30.3 Å². The number of H-pyrrole nitrogens is 1. The number of rotatable bonds is 4. The average molecular weight is 364 g/mol. The predicted molar refractivity (Wildman–Crippen MR) is 104 cm³/mol. The number of piperidine rings is 2. The lowest BCUT2D eigenvalue weighted by atomic mass is 9.67. The molecule has 1 aromatic carbocycles. The van der Waals surface area contributed by atoms with Crippen LogP contribution in [0.25, 0.3) is 0 Å². The molecule has 27 heavy (non-hydrogen) atoms. The summed E-state index contributed by atoms with van der Waals surface area (Å²) in [6, 6.07) is 11.0. The standard InChI is InChI=1S/C22H28N4O/c27-21-19(17-4-2-1-3-5-17)14-22(16-26(21)18-6-7-18)8-12-25(13-9-22)15-20-23-10-11-24-20/h1-5,10-11,18-19H,6-9,12-16H2,(H,23,24)/t19-/m0/s1. The second kappa shape index (κ2) is 6.79. The minimum atomic E-state index is 0.0390. The highest BCUT2D eigenvalue weighted by molar-refractivity contribution is 5.85. The quantitative estimate of drug-likeness (QED) is 0.907. The smallest absolute Gasteiger partial charge is 0.230 e. The zero-order valence-electron chi connectivity index (χ0n) is 15.8. The van der Waals surface area contributed by atoms with Gasteiger partial charge in [-0.3, -0.25) is 9.69 Å². The molecule has 1 atom stereocenters. The van der Waals surface area contributed by atoms with Crippen LogP contribution in [0.15, 0.2) is 42.7 Å². The Morgan fingerprint density at radius 2 is 1.93 bits per heavy atom.